The first-order valence-corrected chi connectivity index (χ1v) is 8.08. The molecule has 9 heteroatoms. The second-order valence-electron chi connectivity index (χ2n) is 4.70. The van der Waals surface area contributed by atoms with Gasteiger partial charge in [0.05, 0.1) is 16.3 Å². The third-order valence-electron chi connectivity index (χ3n) is 3.17. The third-order valence-corrected chi connectivity index (χ3v) is 4.64. The normalized spacial score (nSPS) is 11.8. The number of nitrogens with zero attached hydrogens (tertiary/aromatic N) is 2. The fraction of sp³-hybridized carbons (Fsp3) is 0.143. The van der Waals surface area contributed by atoms with Crippen LogP contribution in [0.2, 0.25) is 5.02 Å². The van der Waals surface area contributed by atoms with E-state index in [0.717, 1.165) is 17.0 Å². The van der Waals surface area contributed by atoms with E-state index in [2.05, 4.69) is 10.2 Å². The van der Waals surface area contributed by atoms with E-state index >= 15 is 0 Å². The summed E-state index contributed by atoms with van der Waals surface area (Å²) in [4.78, 5) is 1.02. The number of aromatic nitrogens is 3. The van der Waals surface area contributed by atoms with Gasteiger partial charge < -0.3 is 0 Å². The summed E-state index contributed by atoms with van der Waals surface area (Å²) in [7, 11) is 0. The van der Waals surface area contributed by atoms with Crippen molar-refractivity contribution in [1.82, 2.24) is 14.8 Å². The van der Waals surface area contributed by atoms with Crippen LogP contribution in [0.3, 0.4) is 0 Å². The van der Waals surface area contributed by atoms with E-state index in [-0.39, 0.29) is 15.5 Å². The number of aromatic amines is 1. The first kappa shape index (κ1) is 16.2. The van der Waals surface area contributed by atoms with Crippen molar-refractivity contribution >= 4 is 35.2 Å². The van der Waals surface area contributed by atoms with Crippen LogP contribution in [0.4, 0.5) is 13.2 Å². The lowest BCUT2D eigenvalue weighted by molar-refractivity contribution is -0.137. The van der Waals surface area contributed by atoms with Crippen molar-refractivity contribution in [2.45, 2.75) is 12.6 Å². The Balaban J connectivity index is 2.12. The molecule has 0 saturated heterocycles. The second kappa shape index (κ2) is 6.10. The molecule has 1 N–H and O–H groups in total. The van der Waals surface area contributed by atoms with Gasteiger partial charge in [-0.1, -0.05) is 17.7 Å². The number of thiophene rings is 1. The van der Waals surface area contributed by atoms with Crippen molar-refractivity contribution in [3.8, 4) is 5.69 Å². The van der Waals surface area contributed by atoms with Gasteiger partial charge in [0.1, 0.15) is 5.82 Å². The van der Waals surface area contributed by atoms with E-state index in [1.165, 1.54) is 22.0 Å². The number of nitrogens with one attached hydrogen (secondary N) is 1. The molecule has 120 valence electrons. The molecule has 0 saturated carbocycles. The number of halogens is 4. The van der Waals surface area contributed by atoms with Crippen molar-refractivity contribution in [3.05, 3.63) is 61.8 Å². The molecule has 0 amide bonds. The quantitative estimate of drug-likeness (QED) is 0.634. The van der Waals surface area contributed by atoms with Crippen LogP contribution >= 0.6 is 35.2 Å². The zero-order valence-electron chi connectivity index (χ0n) is 11.4. The highest BCUT2D eigenvalue weighted by molar-refractivity contribution is 7.71. The lowest BCUT2D eigenvalue weighted by Gasteiger charge is -2.12. The molecule has 3 aromatic rings. The van der Waals surface area contributed by atoms with Gasteiger partial charge in [-0.3, -0.25) is 9.67 Å². The molecule has 1 aromatic carbocycles. The minimum absolute atomic E-state index is 0.159. The summed E-state index contributed by atoms with van der Waals surface area (Å²) in [5.74, 6) is 0.499. The fourth-order valence-electron chi connectivity index (χ4n) is 2.13. The fourth-order valence-corrected chi connectivity index (χ4v) is 3.28. The van der Waals surface area contributed by atoms with Crippen molar-refractivity contribution in [1.29, 1.82) is 0 Å². The number of hydrogen-bond donors (Lipinski definition) is 1. The van der Waals surface area contributed by atoms with Crippen molar-refractivity contribution in [3.63, 3.8) is 0 Å². The maximum atomic E-state index is 12.9. The number of rotatable bonds is 3. The Morgan fingerprint density at radius 2 is 2.09 bits per heavy atom. The van der Waals surface area contributed by atoms with Crippen LogP contribution in [-0.2, 0) is 12.6 Å². The molecule has 0 aliphatic carbocycles. The maximum Gasteiger partial charge on any atom is 0.416 e. The van der Waals surface area contributed by atoms with Crippen LogP contribution in [0.5, 0.6) is 0 Å². The zero-order chi connectivity index (χ0) is 16.6. The lowest BCUT2D eigenvalue weighted by Crippen LogP contribution is -2.08. The van der Waals surface area contributed by atoms with Crippen LogP contribution in [0.15, 0.2) is 35.7 Å². The molecule has 23 heavy (non-hydrogen) atoms. The van der Waals surface area contributed by atoms with Gasteiger partial charge in [-0.2, -0.15) is 18.3 Å². The van der Waals surface area contributed by atoms with Gasteiger partial charge in [0.2, 0.25) is 0 Å². The molecule has 0 unspecified atom stereocenters. The molecule has 0 fully saturated rings. The molecule has 0 atom stereocenters. The van der Waals surface area contributed by atoms with Gasteiger partial charge in [-0.15, -0.1) is 11.3 Å². The van der Waals surface area contributed by atoms with Crippen LogP contribution in [-0.4, -0.2) is 14.8 Å². The monoisotopic (exact) mass is 375 g/mol. The third kappa shape index (κ3) is 3.34. The minimum atomic E-state index is -4.46. The van der Waals surface area contributed by atoms with Crippen LogP contribution < -0.4 is 0 Å². The summed E-state index contributed by atoms with van der Waals surface area (Å²) in [6.45, 7) is 0. The molecular formula is C14H9ClF3N3S2. The Morgan fingerprint density at radius 1 is 1.30 bits per heavy atom. The Labute approximate surface area is 143 Å². The second-order valence-corrected chi connectivity index (χ2v) is 6.53. The topological polar surface area (TPSA) is 33.6 Å². The molecule has 0 spiro atoms. The molecule has 3 nitrogen and oxygen atoms in total. The molecule has 2 heterocycles. The molecule has 0 bridgehead atoms. The molecular weight excluding hydrogens is 367 g/mol. The molecule has 2 aromatic heterocycles. The van der Waals surface area contributed by atoms with Crippen LogP contribution in [0.25, 0.3) is 5.69 Å². The number of alkyl halides is 3. The van der Waals surface area contributed by atoms with E-state index in [9.17, 15) is 13.2 Å². The van der Waals surface area contributed by atoms with Gasteiger partial charge in [-0.05, 0) is 41.9 Å². The largest absolute Gasteiger partial charge is 0.416 e. The van der Waals surface area contributed by atoms with Gasteiger partial charge in [0, 0.05) is 11.3 Å². The molecule has 0 aliphatic rings. The summed E-state index contributed by atoms with van der Waals surface area (Å²) >= 11 is 12.8. The maximum absolute atomic E-state index is 12.9. The van der Waals surface area contributed by atoms with Crippen molar-refractivity contribution in [2.24, 2.45) is 0 Å². The summed E-state index contributed by atoms with van der Waals surface area (Å²) in [5, 5.41) is 8.81. The highest BCUT2D eigenvalue weighted by Crippen LogP contribution is 2.33. The minimum Gasteiger partial charge on any atom is -0.270 e. The predicted molar refractivity (Wildman–Crippen MR) is 85.9 cm³/mol. The van der Waals surface area contributed by atoms with Crippen molar-refractivity contribution in [2.75, 3.05) is 0 Å². The molecule has 3 rings (SSSR count). The van der Waals surface area contributed by atoms with Crippen molar-refractivity contribution < 1.29 is 13.2 Å². The molecule has 0 radical (unpaired) electrons. The average Bonchev–Trinajstić information content (AvgIpc) is 3.10. The highest BCUT2D eigenvalue weighted by Gasteiger charge is 2.31. The van der Waals surface area contributed by atoms with E-state index < -0.39 is 11.7 Å². The SMILES string of the molecule is FC(F)(F)c1ccc(Cl)c(-n2c(Cc3cccs3)n[nH]c2=S)c1. The van der Waals surface area contributed by atoms with E-state index in [1.54, 1.807) is 0 Å². The van der Waals surface area contributed by atoms with Gasteiger partial charge in [-0.25, -0.2) is 0 Å². The average molecular weight is 376 g/mol. The summed E-state index contributed by atoms with van der Waals surface area (Å²) < 4.78 is 40.5. The van der Waals surface area contributed by atoms with E-state index in [0.29, 0.717) is 12.2 Å². The Hall–Kier alpha value is -1.64. The lowest BCUT2D eigenvalue weighted by atomic mass is 10.2. The smallest absolute Gasteiger partial charge is 0.270 e. The predicted octanol–water partition coefficient (Wildman–Crippen LogP) is 5.25. The first-order chi connectivity index (χ1) is 10.9. The standard InChI is InChI=1S/C14H9ClF3N3S2/c15-10-4-3-8(14(16,17)18)6-11(10)21-12(19-20-13(21)22)7-9-2-1-5-23-9/h1-6H,7H2,(H,20,22). The van der Waals surface area contributed by atoms with Gasteiger partial charge in [0.15, 0.2) is 4.77 Å². The summed E-state index contributed by atoms with van der Waals surface area (Å²) in [5.41, 5.74) is -0.631. The summed E-state index contributed by atoms with van der Waals surface area (Å²) in [6.07, 6.45) is -4.02. The van der Waals surface area contributed by atoms with Gasteiger partial charge in [0.25, 0.3) is 0 Å². The van der Waals surface area contributed by atoms with Crippen LogP contribution in [0.1, 0.15) is 16.3 Å². The Bertz CT molecular complexity index is 882. The number of hydrogen-bond acceptors (Lipinski definition) is 3. The highest BCUT2D eigenvalue weighted by atomic mass is 35.5. The first-order valence-electron chi connectivity index (χ1n) is 6.42. The van der Waals surface area contributed by atoms with E-state index in [4.69, 9.17) is 23.8 Å². The van der Waals surface area contributed by atoms with Crippen LogP contribution in [0, 0.1) is 4.77 Å². The zero-order valence-corrected chi connectivity index (χ0v) is 13.8. The Kier molecular flexibility index (Phi) is 4.31. The number of benzene rings is 1. The van der Waals surface area contributed by atoms with E-state index in [1.807, 2.05) is 17.5 Å². The summed E-state index contributed by atoms with van der Waals surface area (Å²) in [6, 6.07) is 6.94. The number of H-pyrrole nitrogens is 1. The Morgan fingerprint density at radius 3 is 2.74 bits per heavy atom. The molecule has 0 aliphatic heterocycles. The van der Waals surface area contributed by atoms with Gasteiger partial charge >= 0.3 is 6.18 Å².